The standard InChI is InChI=1S/C42H42N4O8/c1-27(28-14-7-5-8-15-28)43-39(48)42(2,44-40(49)52-26-32-22-30-18-11-12-21-35(30)53-32)23-31-24-46(41(50)51)34-20-13-19-33(37(31)34)36(25-45(3)4)54-38(47)29-16-9-6-10-17-29/h5-22,24,27,36H,23,25-26H2,1-4H3,(H,43,48)(H,44,49)(H,50,51). The molecule has 0 aliphatic carbocycles. The van der Waals surface area contributed by atoms with Crippen molar-refractivity contribution >= 4 is 45.9 Å². The molecule has 2 heterocycles. The van der Waals surface area contributed by atoms with Gasteiger partial charge in [0.1, 0.15) is 23.0 Å². The van der Waals surface area contributed by atoms with E-state index in [9.17, 15) is 24.3 Å². The number of para-hydroxylation sites is 1. The second-order valence-corrected chi connectivity index (χ2v) is 13.6. The van der Waals surface area contributed by atoms with E-state index < -0.39 is 41.7 Å². The lowest BCUT2D eigenvalue weighted by Gasteiger charge is -2.31. The second kappa shape index (κ2) is 16.1. The molecule has 0 aliphatic heterocycles. The maximum absolute atomic E-state index is 14.3. The fourth-order valence-electron chi connectivity index (χ4n) is 6.51. The van der Waals surface area contributed by atoms with E-state index in [1.165, 1.54) is 6.20 Å². The Morgan fingerprint density at radius 1 is 0.907 bits per heavy atom. The normalized spacial score (nSPS) is 13.6. The van der Waals surface area contributed by atoms with Gasteiger partial charge < -0.3 is 34.5 Å². The van der Waals surface area contributed by atoms with Gasteiger partial charge in [0.15, 0.2) is 6.61 Å². The monoisotopic (exact) mass is 730 g/mol. The van der Waals surface area contributed by atoms with Crippen molar-refractivity contribution in [1.29, 1.82) is 0 Å². The summed E-state index contributed by atoms with van der Waals surface area (Å²) in [5.74, 6) is -0.665. The number of rotatable bonds is 13. The molecule has 0 spiro atoms. The molecule has 6 aromatic rings. The number of nitrogens with zero attached hydrogens (tertiary/aromatic N) is 2. The van der Waals surface area contributed by atoms with Crippen LogP contribution in [0.25, 0.3) is 21.9 Å². The molecule has 278 valence electrons. The molecule has 0 aliphatic rings. The van der Waals surface area contributed by atoms with Crippen LogP contribution in [0.3, 0.4) is 0 Å². The number of carboxylic acid groups (broad SMARTS) is 1. The molecule has 2 amide bonds. The topological polar surface area (TPSA) is 152 Å². The summed E-state index contributed by atoms with van der Waals surface area (Å²) in [7, 11) is 3.67. The van der Waals surface area contributed by atoms with E-state index >= 15 is 0 Å². The number of hydrogen-bond acceptors (Lipinski definition) is 8. The van der Waals surface area contributed by atoms with Crippen molar-refractivity contribution in [2.75, 3.05) is 20.6 Å². The lowest BCUT2D eigenvalue weighted by atomic mass is 9.89. The molecule has 0 bridgehead atoms. The average molecular weight is 731 g/mol. The largest absolute Gasteiger partial charge is 0.464 e. The van der Waals surface area contributed by atoms with Crippen LogP contribution in [0.1, 0.15) is 58.8 Å². The quantitative estimate of drug-likeness (QED) is 0.103. The number of fused-ring (bicyclic) bond motifs is 2. The van der Waals surface area contributed by atoms with E-state index in [1.807, 2.05) is 80.5 Å². The van der Waals surface area contributed by atoms with Crippen molar-refractivity contribution in [2.45, 2.75) is 44.6 Å². The minimum atomic E-state index is -1.67. The number of hydrogen-bond donors (Lipinski definition) is 3. The van der Waals surface area contributed by atoms with E-state index in [1.54, 1.807) is 61.5 Å². The molecule has 12 nitrogen and oxygen atoms in total. The summed E-state index contributed by atoms with van der Waals surface area (Å²) in [5.41, 5.74) is 1.46. The Kier molecular flexibility index (Phi) is 11.1. The molecule has 6 rings (SSSR count). The molecule has 3 N–H and O–H groups in total. The zero-order valence-corrected chi connectivity index (χ0v) is 30.4. The third kappa shape index (κ3) is 8.45. The van der Waals surface area contributed by atoms with E-state index in [4.69, 9.17) is 13.9 Å². The molecule has 4 aromatic carbocycles. The van der Waals surface area contributed by atoms with E-state index in [2.05, 4.69) is 10.6 Å². The van der Waals surface area contributed by atoms with E-state index in [-0.39, 0.29) is 19.6 Å². The molecule has 3 atom stereocenters. The van der Waals surface area contributed by atoms with Crippen LogP contribution in [0.5, 0.6) is 0 Å². The van der Waals surface area contributed by atoms with Gasteiger partial charge >= 0.3 is 18.2 Å². The van der Waals surface area contributed by atoms with Gasteiger partial charge in [-0.3, -0.25) is 9.36 Å². The Morgan fingerprint density at radius 2 is 1.59 bits per heavy atom. The van der Waals surface area contributed by atoms with Crippen molar-refractivity contribution in [3.63, 3.8) is 0 Å². The maximum Gasteiger partial charge on any atom is 0.416 e. The lowest BCUT2D eigenvalue weighted by Crippen LogP contribution is -2.58. The fraction of sp³-hybridized carbons (Fsp3) is 0.238. The Labute approximate surface area is 312 Å². The summed E-state index contributed by atoms with van der Waals surface area (Å²) in [4.78, 5) is 55.7. The summed E-state index contributed by atoms with van der Waals surface area (Å²) in [6, 6.07) is 31.8. The number of likely N-dealkylation sites (N-methyl/N-ethyl adjacent to an activating group) is 1. The highest BCUT2D eigenvalue weighted by atomic mass is 16.6. The summed E-state index contributed by atoms with van der Waals surface area (Å²) in [6.07, 6.45) is -1.70. The number of carbonyl (C=O) groups excluding carboxylic acids is 3. The third-order valence-corrected chi connectivity index (χ3v) is 9.18. The first kappa shape index (κ1) is 37.4. The van der Waals surface area contributed by atoms with Gasteiger partial charge in [-0.2, -0.15) is 0 Å². The fourth-order valence-corrected chi connectivity index (χ4v) is 6.51. The smallest absolute Gasteiger partial charge is 0.416 e. The number of amides is 2. The van der Waals surface area contributed by atoms with Gasteiger partial charge in [0.05, 0.1) is 17.1 Å². The minimum absolute atomic E-state index is 0.158. The van der Waals surface area contributed by atoms with Gasteiger partial charge in [-0.1, -0.05) is 78.9 Å². The Balaban J connectivity index is 1.37. The van der Waals surface area contributed by atoms with Crippen molar-refractivity contribution in [3.8, 4) is 0 Å². The van der Waals surface area contributed by atoms with Crippen molar-refractivity contribution in [2.24, 2.45) is 0 Å². The number of benzene rings is 4. The molecule has 0 fully saturated rings. The molecule has 12 heteroatoms. The molecular weight excluding hydrogens is 688 g/mol. The number of nitrogens with one attached hydrogen (secondary N) is 2. The summed E-state index contributed by atoms with van der Waals surface area (Å²) in [5, 5.41) is 17.4. The molecule has 0 saturated heterocycles. The van der Waals surface area contributed by atoms with Gasteiger partial charge in [-0.25, -0.2) is 14.4 Å². The van der Waals surface area contributed by atoms with Gasteiger partial charge in [0.2, 0.25) is 5.91 Å². The predicted octanol–water partition coefficient (Wildman–Crippen LogP) is 7.48. The van der Waals surface area contributed by atoms with Gasteiger partial charge in [0, 0.05) is 35.5 Å². The first-order chi connectivity index (χ1) is 25.9. The van der Waals surface area contributed by atoms with Crippen LogP contribution in [-0.2, 0) is 27.3 Å². The van der Waals surface area contributed by atoms with Crippen LogP contribution >= 0.6 is 0 Å². The maximum atomic E-state index is 14.3. The molecule has 0 saturated carbocycles. The van der Waals surface area contributed by atoms with Gasteiger partial charge in [-0.15, -0.1) is 0 Å². The van der Waals surface area contributed by atoms with Crippen molar-refractivity contribution in [3.05, 3.63) is 143 Å². The zero-order chi connectivity index (χ0) is 38.4. The van der Waals surface area contributed by atoms with Crippen LogP contribution in [-0.4, -0.2) is 64.8 Å². The summed E-state index contributed by atoms with van der Waals surface area (Å²) >= 11 is 0. The van der Waals surface area contributed by atoms with Gasteiger partial charge in [-0.05, 0) is 69.4 Å². The molecule has 2 aromatic heterocycles. The van der Waals surface area contributed by atoms with Crippen molar-refractivity contribution in [1.82, 2.24) is 20.1 Å². The van der Waals surface area contributed by atoms with E-state index in [0.717, 1.165) is 15.5 Å². The number of carbonyl (C=O) groups is 4. The third-order valence-electron chi connectivity index (χ3n) is 9.18. The molecule has 3 unspecified atom stereocenters. The number of furan rings is 1. The van der Waals surface area contributed by atoms with Crippen LogP contribution in [0.4, 0.5) is 9.59 Å². The highest BCUT2D eigenvalue weighted by Gasteiger charge is 2.38. The van der Waals surface area contributed by atoms with Gasteiger partial charge in [0.25, 0.3) is 0 Å². The highest BCUT2D eigenvalue weighted by molar-refractivity contribution is 5.96. The lowest BCUT2D eigenvalue weighted by molar-refractivity contribution is -0.127. The Morgan fingerprint density at radius 3 is 2.28 bits per heavy atom. The van der Waals surface area contributed by atoms with Crippen molar-refractivity contribution < 1.29 is 38.2 Å². The van der Waals surface area contributed by atoms with Crippen LogP contribution in [0.2, 0.25) is 0 Å². The SMILES string of the molecule is CC(NC(=O)C(C)(Cc1cn(C(=O)O)c2cccc(C(CN(C)C)OC(=O)c3ccccc3)c12)NC(=O)OCc1cc2ccccc2o1)c1ccccc1. The molecule has 54 heavy (non-hydrogen) atoms. The predicted molar refractivity (Wildman–Crippen MR) is 203 cm³/mol. The molecule has 0 radical (unpaired) electrons. The summed E-state index contributed by atoms with van der Waals surface area (Å²) in [6.45, 7) is 3.46. The number of esters is 1. The van der Waals surface area contributed by atoms with E-state index in [0.29, 0.717) is 38.9 Å². The zero-order valence-electron chi connectivity index (χ0n) is 30.4. The average Bonchev–Trinajstić information content (AvgIpc) is 3.75. The number of ether oxygens (including phenoxy) is 2. The molecular formula is C42H42N4O8. The van der Waals surface area contributed by atoms with Crippen LogP contribution < -0.4 is 10.6 Å². The number of aromatic nitrogens is 1. The Hall–Kier alpha value is -6.40. The first-order valence-electron chi connectivity index (χ1n) is 17.5. The minimum Gasteiger partial charge on any atom is -0.464 e. The number of alkyl carbamates (subject to hydrolysis) is 1. The van der Waals surface area contributed by atoms with Crippen LogP contribution in [0.15, 0.2) is 120 Å². The first-order valence-corrected chi connectivity index (χ1v) is 17.5. The Bertz CT molecular complexity index is 2250. The van der Waals surface area contributed by atoms with Crippen LogP contribution in [0, 0.1) is 0 Å². The second-order valence-electron chi connectivity index (χ2n) is 13.6. The highest BCUT2D eigenvalue weighted by Crippen LogP contribution is 2.34. The summed E-state index contributed by atoms with van der Waals surface area (Å²) < 4.78 is 18.5.